The lowest BCUT2D eigenvalue weighted by atomic mass is 10.0. The summed E-state index contributed by atoms with van der Waals surface area (Å²) in [5.41, 5.74) is 0. The summed E-state index contributed by atoms with van der Waals surface area (Å²) in [6.45, 7) is 7.48. The fourth-order valence-corrected chi connectivity index (χ4v) is 0.762. The Balaban J connectivity index is 0. The van der Waals surface area contributed by atoms with Crippen LogP contribution >= 0.6 is 8.58 Å². The van der Waals surface area contributed by atoms with Crippen molar-refractivity contribution in [3.05, 3.63) is 0 Å². The molecular weight excluding hydrogens is 187 g/mol. The molecule has 0 aliphatic carbocycles. The minimum Gasteiger partial charge on any atom is -0.468 e. The molecule has 0 radical (unpaired) electrons. The van der Waals surface area contributed by atoms with Crippen LogP contribution in [0, 0.1) is 5.92 Å². The number of ether oxygens (including phenoxy) is 1. The van der Waals surface area contributed by atoms with Crippen molar-refractivity contribution in [3.63, 3.8) is 0 Å². The van der Waals surface area contributed by atoms with Gasteiger partial charge in [-0.3, -0.25) is 9.59 Å². The lowest BCUT2D eigenvalue weighted by Gasteiger charge is -2.06. The molecule has 4 heteroatoms. The maximum Gasteiger partial charge on any atom is 0.316 e. The number of Topliss-reactive ketones (excluding diaryl/α,β-unsaturated/α-hetero) is 1. The molecule has 0 bridgehead atoms. The normalized spacial score (nSPS) is 10.8. The summed E-state index contributed by atoms with van der Waals surface area (Å²) in [4.78, 5) is 21.4. The Hall–Kier alpha value is -0.430. The first-order valence-corrected chi connectivity index (χ1v) is 6.21. The highest BCUT2D eigenvalue weighted by Crippen LogP contribution is 2.05. The minimum atomic E-state index is -0.565. The number of carbonyl (C=O) groups is 2. The molecule has 0 aromatic carbocycles. The molecule has 0 aromatic heterocycles. The molecule has 78 valence electrons. The smallest absolute Gasteiger partial charge is 0.316 e. The first-order valence-electron chi connectivity index (χ1n) is 4.21. The van der Waals surface area contributed by atoms with Gasteiger partial charge in [0.2, 0.25) is 0 Å². The van der Waals surface area contributed by atoms with Gasteiger partial charge in [0.15, 0.2) is 0 Å². The number of carbonyl (C=O) groups excluding carboxylic acids is 2. The van der Waals surface area contributed by atoms with E-state index in [1.165, 1.54) is 14.0 Å². The molecule has 0 aromatic rings. The number of hydrogen-bond acceptors (Lipinski definition) is 3. The van der Waals surface area contributed by atoms with E-state index in [9.17, 15) is 9.59 Å². The van der Waals surface area contributed by atoms with Crippen molar-refractivity contribution in [3.8, 4) is 0 Å². The van der Waals surface area contributed by atoms with Crippen molar-refractivity contribution in [1.29, 1.82) is 0 Å². The van der Waals surface area contributed by atoms with Gasteiger partial charge in [0.05, 0.1) is 7.11 Å². The van der Waals surface area contributed by atoms with E-state index in [0.29, 0.717) is 6.42 Å². The van der Waals surface area contributed by atoms with Crippen molar-refractivity contribution >= 4 is 20.3 Å². The van der Waals surface area contributed by atoms with E-state index in [1.54, 1.807) is 6.92 Å². The summed E-state index contributed by atoms with van der Waals surface area (Å²) in [5, 5.41) is 0. The third kappa shape index (κ3) is 7.92. The van der Waals surface area contributed by atoms with Crippen LogP contribution in [-0.4, -0.2) is 32.2 Å². The number of hydrogen-bond donors (Lipinski definition) is 0. The van der Waals surface area contributed by atoms with Crippen LogP contribution in [0.1, 0.15) is 20.3 Å². The Kier molecular flexibility index (Phi) is 11.2. The van der Waals surface area contributed by atoms with Crippen LogP contribution in [0.5, 0.6) is 0 Å². The molecule has 3 nitrogen and oxygen atoms in total. The average molecular weight is 206 g/mol. The fraction of sp³-hybridized carbons (Fsp3) is 0.778. The predicted octanol–water partition coefficient (Wildman–Crippen LogP) is 1.70. The largest absolute Gasteiger partial charge is 0.468 e. The summed E-state index contributed by atoms with van der Waals surface area (Å²) in [7, 11) is 2.37. The van der Waals surface area contributed by atoms with Crippen molar-refractivity contribution < 1.29 is 14.3 Å². The predicted molar refractivity (Wildman–Crippen MR) is 56.6 cm³/mol. The molecule has 0 amide bonds. The highest BCUT2D eigenvalue weighted by Gasteiger charge is 2.20. The van der Waals surface area contributed by atoms with Gasteiger partial charge in [-0.1, -0.05) is 6.92 Å². The standard InChI is InChI=1S/C7H12O3.C2H7P/c1-4-6(5(2)8)7(9)10-3;1-3-2/h6H,4H2,1-3H3;3H,1-2H3. The molecule has 0 rings (SSSR count). The van der Waals surface area contributed by atoms with Crippen molar-refractivity contribution in [1.82, 2.24) is 0 Å². The zero-order valence-corrected chi connectivity index (χ0v) is 10.0. The second-order valence-corrected chi connectivity index (χ2v) is 3.59. The van der Waals surface area contributed by atoms with Crippen LogP contribution in [0.3, 0.4) is 0 Å². The summed E-state index contributed by atoms with van der Waals surface area (Å²) >= 11 is 0. The average Bonchev–Trinajstić information content (AvgIpc) is 2.06. The Morgan fingerprint density at radius 3 is 1.85 bits per heavy atom. The second-order valence-electron chi connectivity index (χ2n) is 2.59. The molecule has 0 heterocycles. The van der Waals surface area contributed by atoms with Gasteiger partial charge in [-0.15, -0.1) is 8.58 Å². The SMILES string of the molecule is CCC(C(C)=O)C(=O)OC.CPC. The van der Waals surface area contributed by atoms with E-state index < -0.39 is 11.9 Å². The molecule has 0 spiro atoms. The van der Waals surface area contributed by atoms with Gasteiger partial charge in [-0.25, -0.2) is 0 Å². The zero-order valence-electron chi connectivity index (χ0n) is 9.01. The van der Waals surface area contributed by atoms with Gasteiger partial charge in [0.1, 0.15) is 11.7 Å². The highest BCUT2D eigenvalue weighted by molar-refractivity contribution is 7.35. The molecule has 1 atom stereocenters. The highest BCUT2D eigenvalue weighted by atomic mass is 31.1. The van der Waals surface area contributed by atoms with Gasteiger partial charge >= 0.3 is 5.97 Å². The fourth-order valence-electron chi connectivity index (χ4n) is 0.762. The quantitative estimate of drug-likeness (QED) is 0.401. The molecule has 0 aliphatic heterocycles. The zero-order chi connectivity index (χ0) is 10.9. The topological polar surface area (TPSA) is 43.4 Å². The molecule has 1 unspecified atom stereocenters. The van der Waals surface area contributed by atoms with E-state index in [2.05, 4.69) is 18.1 Å². The van der Waals surface area contributed by atoms with Gasteiger partial charge in [0, 0.05) is 0 Å². The molecule has 0 aliphatic rings. The molecule has 0 fully saturated rings. The van der Waals surface area contributed by atoms with E-state index in [1.807, 2.05) is 0 Å². The number of methoxy groups -OCH3 is 1. The summed E-state index contributed by atoms with van der Waals surface area (Å²) in [6.07, 6.45) is 0.516. The number of ketones is 1. The lowest BCUT2D eigenvalue weighted by molar-refractivity contribution is -0.148. The third-order valence-corrected chi connectivity index (χ3v) is 1.38. The van der Waals surface area contributed by atoms with E-state index in [4.69, 9.17) is 0 Å². The van der Waals surface area contributed by atoms with Crippen LogP contribution in [-0.2, 0) is 14.3 Å². The first kappa shape index (κ1) is 15.1. The summed E-state index contributed by atoms with van der Waals surface area (Å²) in [6, 6.07) is 0. The maximum absolute atomic E-state index is 10.7. The first-order chi connectivity index (χ1) is 6.04. The Morgan fingerprint density at radius 1 is 1.38 bits per heavy atom. The van der Waals surface area contributed by atoms with Gasteiger partial charge < -0.3 is 4.74 Å². The monoisotopic (exact) mass is 206 g/mol. The van der Waals surface area contributed by atoms with Crippen LogP contribution in [0.4, 0.5) is 0 Å². The minimum absolute atomic E-state index is 0.130. The van der Waals surface area contributed by atoms with Crippen LogP contribution in [0.25, 0.3) is 0 Å². The van der Waals surface area contributed by atoms with Crippen molar-refractivity contribution in [2.75, 3.05) is 20.4 Å². The molecule has 0 saturated carbocycles. The molecule has 0 saturated heterocycles. The summed E-state index contributed by atoms with van der Waals surface area (Å²) < 4.78 is 4.40. The van der Waals surface area contributed by atoms with E-state index in [0.717, 1.165) is 8.58 Å². The summed E-state index contributed by atoms with van der Waals surface area (Å²) in [5.74, 6) is -1.13. The molecule has 0 N–H and O–H groups in total. The van der Waals surface area contributed by atoms with Crippen molar-refractivity contribution in [2.45, 2.75) is 20.3 Å². The lowest BCUT2D eigenvalue weighted by Crippen LogP contribution is -2.22. The van der Waals surface area contributed by atoms with E-state index >= 15 is 0 Å². The Bertz CT molecular complexity index is 157. The maximum atomic E-state index is 10.7. The third-order valence-electron chi connectivity index (χ3n) is 1.38. The number of rotatable bonds is 3. The van der Waals surface area contributed by atoms with Crippen LogP contribution in [0.2, 0.25) is 0 Å². The van der Waals surface area contributed by atoms with Crippen LogP contribution in [0.15, 0.2) is 0 Å². The van der Waals surface area contributed by atoms with Gasteiger partial charge in [-0.05, 0) is 26.7 Å². The molecular formula is C9H19O3P. The Morgan fingerprint density at radius 2 is 1.77 bits per heavy atom. The number of esters is 1. The van der Waals surface area contributed by atoms with Crippen LogP contribution < -0.4 is 0 Å². The van der Waals surface area contributed by atoms with Gasteiger partial charge in [-0.2, -0.15) is 0 Å². The van der Waals surface area contributed by atoms with E-state index in [-0.39, 0.29) is 5.78 Å². The second kappa shape index (κ2) is 9.66. The van der Waals surface area contributed by atoms with Gasteiger partial charge in [0.25, 0.3) is 0 Å². The van der Waals surface area contributed by atoms with Crippen molar-refractivity contribution in [2.24, 2.45) is 5.92 Å². The molecule has 13 heavy (non-hydrogen) atoms. The Labute approximate surface area is 82.0 Å².